The summed E-state index contributed by atoms with van der Waals surface area (Å²) in [5, 5.41) is 10.1. The van der Waals surface area contributed by atoms with Gasteiger partial charge < -0.3 is 0 Å². The van der Waals surface area contributed by atoms with Gasteiger partial charge in [0.2, 0.25) is 0 Å². The predicted octanol–water partition coefficient (Wildman–Crippen LogP) is 8.79. The van der Waals surface area contributed by atoms with Crippen molar-refractivity contribution in [3.63, 3.8) is 0 Å². The van der Waals surface area contributed by atoms with Gasteiger partial charge in [0.15, 0.2) is 46.0 Å². The smallest absolute Gasteiger partial charge is 0.209 e. The quantitative estimate of drug-likeness (QED) is 0.153. The summed E-state index contributed by atoms with van der Waals surface area (Å²) in [7, 11) is -4.67. The van der Waals surface area contributed by atoms with E-state index in [4.69, 9.17) is 30.0 Å². The number of fused-ring (bicyclic) bond motifs is 18. The van der Waals surface area contributed by atoms with Crippen LogP contribution in [0.2, 0.25) is 0 Å². The van der Waals surface area contributed by atoms with Crippen molar-refractivity contribution < 1.29 is 8.42 Å². The van der Waals surface area contributed by atoms with E-state index in [2.05, 4.69) is 24.3 Å². The first-order valence-corrected chi connectivity index (χ1v) is 20.6. The molecule has 2 aromatic heterocycles. The molecule has 8 aromatic carbocycles. The minimum absolute atomic E-state index is 0.174. The molecule has 10 nitrogen and oxygen atoms in total. The van der Waals surface area contributed by atoms with Gasteiger partial charge in [0.25, 0.3) is 0 Å². The van der Waals surface area contributed by atoms with Gasteiger partial charge in [-0.3, -0.25) is 0 Å². The van der Waals surface area contributed by atoms with Crippen molar-refractivity contribution in [1.82, 2.24) is 7.94 Å². The SMILES string of the molecule is O=S1(=O)n2c3c4cc5ccccc5cc4c2/N=C2N=C(/N=c4/c5cc6ccccc6cc5/c(n41)=N/C1=NC(=N\3)/c3cc4ccccc4cc31)c1cc3ccccc3cc1\2. The fourth-order valence-electron chi connectivity index (χ4n) is 9.20. The summed E-state index contributed by atoms with van der Waals surface area (Å²) in [6.45, 7) is 0. The fourth-order valence-corrected chi connectivity index (χ4v) is 10.8. The summed E-state index contributed by atoms with van der Waals surface area (Å²) in [4.78, 5) is 31.2. The first kappa shape index (κ1) is 31.2. The van der Waals surface area contributed by atoms with Crippen molar-refractivity contribution in [2.45, 2.75) is 0 Å². The van der Waals surface area contributed by atoms with E-state index in [9.17, 15) is 0 Å². The lowest BCUT2D eigenvalue weighted by Gasteiger charge is -2.13. The molecule has 0 saturated carbocycles. The average molecular weight is 777 g/mol. The van der Waals surface area contributed by atoms with Gasteiger partial charge in [0.1, 0.15) is 0 Å². The van der Waals surface area contributed by atoms with E-state index in [0.717, 1.165) is 65.3 Å². The molecule has 6 bridgehead atoms. The molecular formula is C48H24N8O2S. The first-order valence-electron chi connectivity index (χ1n) is 19.2. The average Bonchev–Trinajstić information content (AvgIpc) is 3.95. The van der Waals surface area contributed by atoms with E-state index >= 15 is 8.42 Å². The van der Waals surface area contributed by atoms with Crippen molar-refractivity contribution in [3.05, 3.63) is 179 Å². The molecule has 0 aliphatic carbocycles. The summed E-state index contributed by atoms with van der Waals surface area (Å²) >= 11 is 0. The third-order valence-electron chi connectivity index (χ3n) is 12.0. The van der Waals surface area contributed by atoms with Crippen molar-refractivity contribution >= 4 is 110 Å². The van der Waals surface area contributed by atoms with E-state index in [1.54, 1.807) is 0 Å². The van der Waals surface area contributed by atoms with Crippen LogP contribution < -0.4 is 11.0 Å². The summed E-state index contributed by atoms with van der Waals surface area (Å²) < 4.78 is 34.8. The second kappa shape index (κ2) is 10.7. The Morgan fingerprint density at radius 1 is 0.322 bits per heavy atom. The van der Waals surface area contributed by atoms with Gasteiger partial charge >= 0.3 is 10.2 Å². The lowest BCUT2D eigenvalue weighted by molar-refractivity contribution is 0.575. The lowest BCUT2D eigenvalue weighted by atomic mass is 10.0. The Labute approximate surface area is 333 Å². The van der Waals surface area contributed by atoms with Gasteiger partial charge in [-0.15, -0.1) is 0 Å². The van der Waals surface area contributed by atoms with Crippen molar-refractivity contribution in [2.75, 3.05) is 0 Å². The molecule has 0 amide bonds. The number of nitrogens with zero attached hydrogens (tertiary/aromatic N) is 8. The number of benzene rings is 8. The molecule has 0 unspecified atom stereocenters. The monoisotopic (exact) mass is 776 g/mol. The molecule has 6 heterocycles. The van der Waals surface area contributed by atoms with Crippen molar-refractivity contribution in [3.8, 4) is 0 Å². The zero-order valence-electron chi connectivity index (χ0n) is 30.7. The Bertz CT molecular complexity index is 3850. The van der Waals surface area contributed by atoms with E-state index in [0.29, 0.717) is 44.9 Å². The maximum atomic E-state index is 16.1. The van der Waals surface area contributed by atoms with Crippen LogP contribution in [-0.2, 0) is 10.2 Å². The zero-order valence-corrected chi connectivity index (χ0v) is 31.5. The molecule has 274 valence electrons. The first-order chi connectivity index (χ1) is 28.9. The van der Waals surface area contributed by atoms with Gasteiger partial charge in [0, 0.05) is 43.8 Å². The van der Waals surface area contributed by atoms with E-state index in [1.165, 1.54) is 7.94 Å². The molecule has 0 radical (unpaired) electrons. The minimum atomic E-state index is -4.67. The van der Waals surface area contributed by atoms with Gasteiger partial charge in [-0.2, -0.15) is 16.4 Å². The highest BCUT2D eigenvalue weighted by molar-refractivity contribution is 7.88. The molecule has 0 saturated heterocycles. The van der Waals surface area contributed by atoms with Gasteiger partial charge in [0.05, 0.1) is 0 Å². The summed E-state index contributed by atoms with van der Waals surface area (Å²) in [5.41, 5.74) is 3.36. The molecule has 0 N–H and O–H groups in total. The number of amidine groups is 4. The van der Waals surface area contributed by atoms with Crippen LogP contribution in [-0.4, -0.2) is 39.7 Å². The molecule has 4 aliphatic rings. The topological polar surface area (TPSA) is 118 Å². The number of rotatable bonds is 0. The Balaban J connectivity index is 1.26. The minimum Gasteiger partial charge on any atom is -0.209 e. The molecule has 14 rings (SSSR count). The van der Waals surface area contributed by atoms with Crippen LogP contribution in [0.3, 0.4) is 0 Å². The highest BCUT2D eigenvalue weighted by Gasteiger charge is 2.36. The van der Waals surface area contributed by atoms with Crippen LogP contribution in [0.4, 0.5) is 11.6 Å². The van der Waals surface area contributed by atoms with Gasteiger partial charge in [-0.25, -0.2) is 30.0 Å². The molecule has 0 atom stereocenters. The van der Waals surface area contributed by atoms with Crippen LogP contribution >= 0.6 is 0 Å². The largest absolute Gasteiger partial charge is 0.340 e. The lowest BCUT2D eigenvalue weighted by Crippen LogP contribution is -2.38. The molecule has 4 aliphatic heterocycles. The summed E-state index contributed by atoms with van der Waals surface area (Å²) in [6, 6.07) is 48.3. The summed E-state index contributed by atoms with van der Waals surface area (Å²) in [5.74, 6) is 1.78. The maximum Gasteiger partial charge on any atom is 0.340 e. The molecular weight excluding hydrogens is 753 g/mol. The third kappa shape index (κ3) is 4.10. The van der Waals surface area contributed by atoms with E-state index in [-0.39, 0.29) is 22.6 Å². The maximum absolute atomic E-state index is 16.1. The normalized spacial score (nSPS) is 18.6. The standard InChI is InChI=1S/C48H24N8O2S/c57-59(58)55-45-37-21-29-13-5-6-14-30(29)22-38(37)47(55)53-43-35-19-27-11-3-4-12-28(27)20-36(35)44(50-43)54-48-40-24-32-16-8-7-15-31(32)23-39(40)46(56(48)59)52-42-34-18-26-10-2-1-9-25(26)17-33(34)41(49-42)51-45/h1-24H/b51-41-,51-45?,52-42?,52-46-,53-43-,53-47?,54-44?,54-48-. The molecule has 11 heteroatoms. The van der Waals surface area contributed by atoms with Crippen molar-refractivity contribution in [2.24, 2.45) is 30.0 Å². The van der Waals surface area contributed by atoms with Crippen LogP contribution in [0.1, 0.15) is 22.3 Å². The molecule has 0 fully saturated rings. The van der Waals surface area contributed by atoms with Crippen LogP contribution in [0.25, 0.3) is 64.6 Å². The van der Waals surface area contributed by atoms with Crippen LogP contribution in [0, 0.1) is 0 Å². The number of hydrogen-bond acceptors (Lipinski definition) is 8. The third-order valence-corrected chi connectivity index (χ3v) is 13.6. The van der Waals surface area contributed by atoms with E-state index < -0.39 is 10.2 Å². The zero-order chi connectivity index (χ0) is 38.7. The van der Waals surface area contributed by atoms with Crippen molar-refractivity contribution in [1.29, 1.82) is 0 Å². The Morgan fingerprint density at radius 3 is 0.949 bits per heavy atom. The molecule has 59 heavy (non-hydrogen) atoms. The van der Waals surface area contributed by atoms with Crippen LogP contribution in [0.5, 0.6) is 0 Å². The van der Waals surface area contributed by atoms with E-state index in [1.807, 2.05) is 121 Å². The number of hydrogen-bond donors (Lipinski definition) is 0. The molecule has 10 aromatic rings. The number of aliphatic imine (C=N–C) groups is 4. The predicted molar refractivity (Wildman–Crippen MR) is 234 cm³/mol. The highest BCUT2D eigenvalue weighted by atomic mass is 32.2. The fraction of sp³-hybridized carbons (Fsp3) is 0. The number of aromatic nitrogens is 2. The second-order valence-corrected chi connectivity index (χ2v) is 16.9. The highest BCUT2D eigenvalue weighted by Crippen LogP contribution is 2.44. The van der Waals surface area contributed by atoms with Gasteiger partial charge in [-0.05, 0) is 91.6 Å². The Hall–Kier alpha value is -7.89. The summed E-state index contributed by atoms with van der Waals surface area (Å²) in [6.07, 6.45) is 0. The second-order valence-electron chi connectivity index (χ2n) is 15.3. The molecule has 0 spiro atoms. The Kier molecular flexibility index (Phi) is 5.68. The van der Waals surface area contributed by atoms with Gasteiger partial charge in [-0.1, -0.05) is 97.1 Å². The van der Waals surface area contributed by atoms with Crippen LogP contribution in [0.15, 0.2) is 176 Å². The Morgan fingerprint density at radius 2 is 0.610 bits per heavy atom.